The lowest BCUT2D eigenvalue weighted by molar-refractivity contribution is -0.135. The van der Waals surface area contributed by atoms with Gasteiger partial charge in [-0.1, -0.05) is 24.1 Å². The van der Waals surface area contributed by atoms with E-state index in [0.29, 0.717) is 23.8 Å². The molecule has 10 heteroatoms. The third-order valence-corrected chi connectivity index (χ3v) is 5.49. The molecule has 0 aliphatic carbocycles. The molecule has 180 valence electrons. The summed E-state index contributed by atoms with van der Waals surface area (Å²) in [6.07, 6.45) is 4.83. The van der Waals surface area contributed by atoms with E-state index in [9.17, 15) is 18.0 Å². The van der Waals surface area contributed by atoms with Crippen LogP contribution in [0.25, 0.3) is 16.9 Å². The summed E-state index contributed by atoms with van der Waals surface area (Å²) < 4.78 is 44.8. The van der Waals surface area contributed by atoms with Crippen LogP contribution in [0.5, 0.6) is 5.88 Å². The predicted octanol–water partition coefficient (Wildman–Crippen LogP) is 4.84. The zero-order valence-electron chi connectivity index (χ0n) is 19.1. The summed E-state index contributed by atoms with van der Waals surface area (Å²) >= 11 is 0. The Kier molecular flexibility index (Phi) is 7.66. The molecule has 2 unspecified atom stereocenters. The molecule has 0 radical (unpaired) electrons. The highest BCUT2D eigenvalue weighted by Crippen LogP contribution is 2.28. The first-order valence-corrected chi connectivity index (χ1v) is 10.7. The molecule has 0 saturated heterocycles. The van der Waals surface area contributed by atoms with Crippen LogP contribution in [0.3, 0.4) is 0 Å². The first-order valence-electron chi connectivity index (χ1n) is 10.7. The van der Waals surface area contributed by atoms with Crippen LogP contribution in [0.2, 0.25) is 0 Å². The number of carbonyl (C=O) groups is 1. The average molecular weight is 473 g/mol. The normalized spacial score (nSPS) is 13.2. The first-order chi connectivity index (χ1) is 16.2. The van der Waals surface area contributed by atoms with Crippen LogP contribution in [0, 0.1) is 12.3 Å². The summed E-state index contributed by atoms with van der Waals surface area (Å²) in [4.78, 5) is 23.1. The number of carbonyl (C=O) groups excluding carboxylic acids is 1. The third kappa shape index (κ3) is 5.78. The number of rotatable bonds is 8. The summed E-state index contributed by atoms with van der Waals surface area (Å²) in [5.74, 6) is 2.61. The van der Waals surface area contributed by atoms with E-state index in [2.05, 4.69) is 21.2 Å². The molecule has 3 rings (SSSR count). The maximum absolute atomic E-state index is 12.8. The molecule has 2 aromatic heterocycles. The van der Waals surface area contributed by atoms with Gasteiger partial charge in [0.1, 0.15) is 0 Å². The van der Waals surface area contributed by atoms with Gasteiger partial charge in [-0.2, -0.15) is 13.2 Å². The number of terminal acetylenes is 1. The highest BCUT2D eigenvalue weighted by Gasteiger charge is 2.29. The van der Waals surface area contributed by atoms with Gasteiger partial charge in [0.05, 0.1) is 24.9 Å². The van der Waals surface area contributed by atoms with Gasteiger partial charge in [-0.15, -0.1) is 6.42 Å². The summed E-state index contributed by atoms with van der Waals surface area (Å²) in [6.45, 7) is 3.97. The van der Waals surface area contributed by atoms with Crippen molar-refractivity contribution < 1.29 is 22.7 Å². The fourth-order valence-corrected chi connectivity index (χ4v) is 3.65. The van der Waals surface area contributed by atoms with Crippen molar-refractivity contribution in [3.8, 4) is 29.5 Å². The van der Waals surface area contributed by atoms with Crippen molar-refractivity contribution in [1.29, 1.82) is 0 Å². The molecule has 1 N–H and O–H groups in total. The number of nitrogens with zero attached hydrogens (tertiary/aromatic N) is 4. The van der Waals surface area contributed by atoms with Crippen LogP contribution in [0.1, 0.15) is 38.3 Å². The topological polar surface area (TPSA) is 71.8 Å². The predicted molar refractivity (Wildman–Crippen MR) is 122 cm³/mol. The molecule has 2 atom stereocenters. The van der Waals surface area contributed by atoms with E-state index < -0.39 is 24.7 Å². The number of amides is 2. The molecule has 0 aliphatic heterocycles. The van der Waals surface area contributed by atoms with Crippen molar-refractivity contribution in [2.24, 2.45) is 0 Å². The number of aromatic nitrogens is 3. The number of benzene rings is 1. The van der Waals surface area contributed by atoms with Gasteiger partial charge in [0.2, 0.25) is 0 Å². The maximum Gasteiger partial charge on any atom is 0.389 e. The number of methoxy groups -OCH3 is 1. The Morgan fingerprint density at radius 3 is 2.79 bits per heavy atom. The van der Waals surface area contributed by atoms with Crippen molar-refractivity contribution in [3.05, 3.63) is 48.4 Å². The lowest BCUT2D eigenvalue weighted by Crippen LogP contribution is -2.45. The number of urea groups is 1. The molecule has 2 heterocycles. The number of nitrogens with one attached hydrogen (secondary N) is 1. The van der Waals surface area contributed by atoms with Crippen molar-refractivity contribution in [2.45, 2.75) is 44.9 Å². The van der Waals surface area contributed by atoms with E-state index in [4.69, 9.17) is 11.2 Å². The van der Waals surface area contributed by atoms with Gasteiger partial charge < -0.3 is 19.4 Å². The minimum atomic E-state index is -4.34. The molecule has 3 aromatic rings. The minimum Gasteiger partial charge on any atom is -0.478 e. The quantitative estimate of drug-likeness (QED) is 0.475. The summed E-state index contributed by atoms with van der Waals surface area (Å²) in [5.41, 5.74) is 2.89. The number of halogens is 3. The largest absolute Gasteiger partial charge is 0.478 e. The SMILES string of the molecule is C#CC(CCC(F)(F)F)NC(=O)N(CC)C(C)c1cccc(-c2cn3ccnc3c(OC)n2)c1. The zero-order chi connectivity index (χ0) is 24.9. The molecule has 2 amide bonds. The second kappa shape index (κ2) is 10.5. The second-order valence-electron chi connectivity index (χ2n) is 7.70. The van der Waals surface area contributed by atoms with Crippen molar-refractivity contribution in [3.63, 3.8) is 0 Å². The Morgan fingerprint density at radius 1 is 1.38 bits per heavy atom. The van der Waals surface area contributed by atoms with E-state index in [1.807, 2.05) is 41.8 Å². The van der Waals surface area contributed by atoms with Crippen LogP contribution in [-0.2, 0) is 0 Å². The summed E-state index contributed by atoms with van der Waals surface area (Å²) in [7, 11) is 1.52. The number of hydrogen-bond acceptors (Lipinski definition) is 4. The standard InChI is InChI=1S/C24H26F3N5O2/c1-5-19(10-11-24(25,26)27)29-23(33)32(6-2)16(3)17-8-7-9-18(14-17)20-15-31-13-12-28-21(31)22(30-20)34-4/h1,7-9,12-16,19H,6,10-11H2,2-4H3,(H,29,33). The van der Waals surface area contributed by atoms with Gasteiger partial charge in [0, 0.05) is 37.1 Å². The van der Waals surface area contributed by atoms with E-state index in [1.54, 1.807) is 19.3 Å². The van der Waals surface area contributed by atoms with Crippen LogP contribution in [-0.4, -0.2) is 51.2 Å². The lowest BCUT2D eigenvalue weighted by atomic mass is 10.0. The van der Waals surface area contributed by atoms with Crippen molar-refractivity contribution in [1.82, 2.24) is 24.6 Å². The van der Waals surface area contributed by atoms with Crippen LogP contribution >= 0.6 is 0 Å². The first kappa shape index (κ1) is 24.9. The molecule has 34 heavy (non-hydrogen) atoms. The Morgan fingerprint density at radius 2 is 2.15 bits per heavy atom. The monoisotopic (exact) mass is 473 g/mol. The fraction of sp³-hybridized carbons (Fsp3) is 0.375. The van der Waals surface area contributed by atoms with E-state index in [0.717, 1.165) is 11.1 Å². The summed E-state index contributed by atoms with van der Waals surface area (Å²) in [5, 5.41) is 2.53. The van der Waals surface area contributed by atoms with Gasteiger partial charge in [-0.05, 0) is 31.9 Å². The highest BCUT2D eigenvalue weighted by atomic mass is 19.4. The van der Waals surface area contributed by atoms with Gasteiger partial charge in [0.25, 0.3) is 5.88 Å². The number of imidazole rings is 1. The minimum absolute atomic E-state index is 0.334. The molecule has 7 nitrogen and oxygen atoms in total. The molecule has 0 spiro atoms. The van der Waals surface area contributed by atoms with Gasteiger partial charge in [-0.3, -0.25) is 0 Å². The molecular formula is C24H26F3N5O2. The number of hydrogen-bond donors (Lipinski definition) is 1. The van der Waals surface area contributed by atoms with Crippen LogP contribution < -0.4 is 10.1 Å². The van der Waals surface area contributed by atoms with E-state index >= 15 is 0 Å². The van der Waals surface area contributed by atoms with Crippen LogP contribution in [0.15, 0.2) is 42.9 Å². The van der Waals surface area contributed by atoms with E-state index in [1.165, 1.54) is 12.0 Å². The summed E-state index contributed by atoms with van der Waals surface area (Å²) in [6, 6.07) is 5.62. The highest BCUT2D eigenvalue weighted by molar-refractivity contribution is 5.75. The molecule has 0 saturated carbocycles. The fourth-order valence-electron chi connectivity index (χ4n) is 3.65. The van der Waals surface area contributed by atoms with E-state index in [-0.39, 0.29) is 12.5 Å². The Bertz CT molecular complexity index is 1190. The van der Waals surface area contributed by atoms with Crippen molar-refractivity contribution >= 4 is 11.7 Å². The lowest BCUT2D eigenvalue weighted by Gasteiger charge is -2.30. The molecule has 1 aromatic carbocycles. The molecule has 0 aliphatic rings. The number of alkyl halides is 3. The number of ether oxygens (including phenoxy) is 1. The van der Waals surface area contributed by atoms with Gasteiger partial charge in [0.15, 0.2) is 5.65 Å². The van der Waals surface area contributed by atoms with Gasteiger partial charge >= 0.3 is 12.2 Å². The maximum atomic E-state index is 12.8. The second-order valence-corrected chi connectivity index (χ2v) is 7.70. The molecule has 0 bridgehead atoms. The van der Waals surface area contributed by atoms with Crippen LogP contribution in [0.4, 0.5) is 18.0 Å². The Hall–Kier alpha value is -3.74. The zero-order valence-corrected chi connectivity index (χ0v) is 19.1. The molecular weight excluding hydrogens is 447 g/mol. The molecule has 0 fully saturated rings. The number of fused-ring (bicyclic) bond motifs is 1. The third-order valence-electron chi connectivity index (χ3n) is 5.49. The smallest absolute Gasteiger partial charge is 0.389 e. The average Bonchev–Trinajstić information content (AvgIpc) is 3.29. The Balaban J connectivity index is 1.81. The Labute approximate surface area is 196 Å². The van der Waals surface area contributed by atoms with Crippen molar-refractivity contribution in [2.75, 3.05) is 13.7 Å². The van der Waals surface area contributed by atoms with Gasteiger partial charge in [-0.25, -0.2) is 14.8 Å².